The van der Waals surface area contributed by atoms with E-state index in [0.717, 1.165) is 22.2 Å². The number of aromatic nitrogens is 1. The molecular weight excluding hydrogens is 262 g/mol. The summed E-state index contributed by atoms with van der Waals surface area (Å²) in [6.45, 7) is 1.87. The highest BCUT2D eigenvalue weighted by atomic mass is 16.2. The van der Waals surface area contributed by atoms with E-state index in [1.165, 1.54) is 0 Å². The van der Waals surface area contributed by atoms with Crippen LogP contribution in [0, 0.1) is 0 Å². The second-order valence-electron chi connectivity index (χ2n) is 4.75. The van der Waals surface area contributed by atoms with Gasteiger partial charge in [-0.05, 0) is 18.6 Å². The van der Waals surface area contributed by atoms with Crippen molar-refractivity contribution in [3.8, 4) is 0 Å². The standard InChI is InChI=1S/C17H15N3O/c1-12(13-7-3-2-4-8-13)19-20-17(21)15-11-18-16-10-6-5-9-14(15)16/h2-11,18H,1H3,(H,20,21). The van der Waals surface area contributed by atoms with Crippen LogP contribution in [0.15, 0.2) is 65.9 Å². The minimum Gasteiger partial charge on any atom is -0.360 e. The molecule has 0 radical (unpaired) electrons. The maximum atomic E-state index is 12.2. The average molecular weight is 277 g/mol. The molecule has 0 atom stereocenters. The molecule has 3 rings (SSSR count). The number of carbonyl (C=O) groups is 1. The summed E-state index contributed by atoms with van der Waals surface area (Å²) in [7, 11) is 0. The van der Waals surface area contributed by atoms with Crippen molar-refractivity contribution in [1.29, 1.82) is 0 Å². The number of hydrazone groups is 1. The van der Waals surface area contributed by atoms with E-state index in [9.17, 15) is 4.79 Å². The van der Waals surface area contributed by atoms with Crippen molar-refractivity contribution in [2.45, 2.75) is 6.92 Å². The van der Waals surface area contributed by atoms with Gasteiger partial charge in [0.05, 0.1) is 11.3 Å². The molecule has 0 unspecified atom stereocenters. The van der Waals surface area contributed by atoms with Gasteiger partial charge in [-0.3, -0.25) is 4.79 Å². The number of nitrogens with one attached hydrogen (secondary N) is 2. The molecule has 2 aromatic carbocycles. The molecule has 1 aromatic heterocycles. The molecule has 3 aromatic rings. The largest absolute Gasteiger partial charge is 0.360 e. The summed E-state index contributed by atoms with van der Waals surface area (Å²) in [6, 6.07) is 17.4. The Kier molecular flexibility index (Phi) is 3.51. The van der Waals surface area contributed by atoms with Gasteiger partial charge in [-0.1, -0.05) is 48.5 Å². The predicted molar refractivity (Wildman–Crippen MR) is 84.4 cm³/mol. The molecule has 104 valence electrons. The molecule has 0 bridgehead atoms. The quantitative estimate of drug-likeness (QED) is 0.560. The Hall–Kier alpha value is -2.88. The lowest BCUT2D eigenvalue weighted by Gasteiger charge is -2.02. The van der Waals surface area contributed by atoms with E-state index < -0.39 is 0 Å². The lowest BCUT2D eigenvalue weighted by atomic mass is 10.1. The van der Waals surface area contributed by atoms with Gasteiger partial charge in [-0.2, -0.15) is 5.10 Å². The number of nitrogens with zero attached hydrogens (tertiary/aromatic N) is 1. The lowest BCUT2D eigenvalue weighted by Crippen LogP contribution is -2.19. The van der Waals surface area contributed by atoms with Crippen molar-refractivity contribution in [2.75, 3.05) is 0 Å². The molecule has 4 nitrogen and oxygen atoms in total. The van der Waals surface area contributed by atoms with E-state index >= 15 is 0 Å². The van der Waals surface area contributed by atoms with Gasteiger partial charge in [-0.25, -0.2) is 5.43 Å². The van der Waals surface area contributed by atoms with Gasteiger partial charge < -0.3 is 4.98 Å². The maximum absolute atomic E-state index is 12.2. The average Bonchev–Trinajstić information content (AvgIpc) is 2.97. The molecule has 2 N–H and O–H groups in total. The number of carbonyl (C=O) groups excluding carboxylic acids is 1. The Labute approximate surface area is 122 Å². The number of H-pyrrole nitrogens is 1. The van der Waals surface area contributed by atoms with Crippen LogP contribution in [0.1, 0.15) is 22.8 Å². The minimum absolute atomic E-state index is 0.220. The molecule has 1 heterocycles. The van der Waals surface area contributed by atoms with Crippen LogP contribution >= 0.6 is 0 Å². The van der Waals surface area contributed by atoms with Crippen LogP contribution in [0.5, 0.6) is 0 Å². The number of hydrogen-bond acceptors (Lipinski definition) is 2. The Balaban J connectivity index is 1.81. The summed E-state index contributed by atoms with van der Waals surface area (Å²) in [4.78, 5) is 15.3. The van der Waals surface area contributed by atoms with Crippen molar-refractivity contribution < 1.29 is 4.79 Å². The SMILES string of the molecule is CC(=NNC(=O)c1c[nH]c2ccccc12)c1ccccc1. The van der Waals surface area contributed by atoms with Gasteiger partial charge >= 0.3 is 0 Å². The number of fused-ring (bicyclic) bond motifs is 1. The molecule has 0 fully saturated rings. The number of amides is 1. The topological polar surface area (TPSA) is 57.2 Å². The van der Waals surface area contributed by atoms with Crippen molar-refractivity contribution in [3.63, 3.8) is 0 Å². The van der Waals surface area contributed by atoms with E-state index in [0.29, 0.717) is 5.56 Å². The van der Waals surface area contributed by atoms with Crippen LogP contribution in [-0.4, -0.2) is 16.6 Å². The molecule has 0 aliphatic rings. The first kappa shape index (κ1) is 13.1. The van der Waals surface area contributed by atoms with E-state index in [4.69, 9.17) is 0 Å². The fourth-order valence-corrected chi connectivity index (χ4v) is 2.20. The molecule has 4 heteroatoms. The zero-order valence-electron chi connectivity index (χ0n) is 11.6. The fourth-order valence-electron chi connectivity index (χ4n) is 2.20. The second kappa shape index (κ2) is 5.63. The maximum Gasteiger partial charge on any atom is 0.273 e. The first-order valence-corrected chi connectivity index (χ1v) is 6.72. The van der Waals surface area contributed by atoms with Crippen molar-refractivity contribution in [3.05, 3.63) is 71.9 Å². The normalized spacial score (nSPS) is 11.6. The predicted octanol–water partition coefficient (Wildman–Crippen LogP) is 3.32. The van der Waals surface area contributed by atoms with Gasteiger partial charge in [0.2, 0.25) is 0 Å². The van der Waals surface area contributed by atoms with Gasteiger partial charge in [0.15, 0.2) is 0 Å². The Morgan fingerprint density at radius 3 is 2.57 bits per heavy atom. The second-order valence-corrected chi connectivity index (χ2v) is 4.75. The van der Waals surface area contributed by atoms with Crippen LogP contribution in [0.4, 0.5) is 0 Å². The Morgan fingerprint density at radius 1 is 1.05 bits per heavy atom. The summed E-state index contributed by atoms with van der Waals surface area (Å²) in [5, 5.41) is 5.05. The number of aromatic amines is 1. The van der Waals surface area contributed by atoms with Crippen molar-refractivity contribution in [1.82, 2.24) is 10.4 Å². The third-order valence-electron chi connectivity index (χ3n) is 3.35. The molecule has 0 spiro atoms. The molecule has 21 heavy (non-hydrogen) atoms. The fraction of sp³-hybridized carbons (Fsp3) is 0.0588. The van der Waals surface area contributed by atoms with Crippen molar-refractivity contribution >= 4 is 22.5 Å². The minimum atomic E-state index is -0.220. The monoisotopic (exact) mass is 277 g/mol. The summed E-state index contributed by atoms with van der Waals surface area (Å²) < 4.78 is 0. The lowest BCUT2D eigenvalue weighted by molar-refractivity contribution is 0.0956. The third-order valence-corrected chi connectivity index (χ3v) is 3.35. The zero-order chi connectivity index (χ0) is 14.7. The molecule has 1 amide bonds. The molecule has 0 aliphatic carbocycles. The van der Waals surface area contributed by atoms with E-state index in [-0.39, 0.29) is 5.91 Å². The Bertz CT molecular complexity index is 803. The Morgan fingerprint density at radius 2 is 1.76 bits per heavy atom. The van der Waals surface area contributed by atoms with Crippen molar-refractivity contribution in [2.24, 2.45) is 5.10 Å². The summed E-state index contributed by atoms with van der Waals surface area (Å²) >= 11 is 0. The van der Waals surface area contributed by atoms with Gasteiger partial charge in [0, 0.05) is 17.1 Å². The highest BCUT2D eigenvalue weighted by Gasteiger charge is 2.10. The molecule has 0 saturated carbocycles. The van der Waals surface area contributed by atoms with Crippen LogP contribution in [0.3, 0.4) is 0 Å². The first-order chi connectivity index (χ1) is 10.3. The van der Waals surface area contributed by atoms with Crippen LogP contribution in [-0.2, 0) is 0 Å². The highest BCUT2D eigenvalue weighted by molar-refractivity contribution is 6.07. The number of hydrogen-bond donors (Lipinski definition) is 2. The number of benzene rings is 2. The summed E-state index contributed by atoms with van der Waals surface area (Å²) in [6.07, 6.45) is 1.70. The summed E-state index contributed by atoms with van der Waals surface area (Å²) in [5.41, 5.74) is 5.88. The molecule has 0 saturated heterocycles. The molecule has 0 aliphatic heterocycles. The number of para-hydroxylation sites is 1. The highest BCUT2D eigenvalue weighted by Crippen LogP contribution is 2.17. The molecular formula is C17H15N3O. The van der Waals surface area contributed by atoms with Crippen LogP contribution in [0.2, 0.25) is 0 Å². The first-order valence-electron chi connectivity index (χ1n) is 6.72. The van der Waals surface area contributed by atoms with Crippen LogP contribution < -0.4 is 5.43 Å². The van der Waals surface area contributed by atoms with Gasteiger partial charge in [0.1, 0.15) is 0 Å². The van der Waals surface area contributed by atoms with E-state index in [1.54, 1.807) is 6.20 Å². The van der Waals surface area contributed by atoms with E-state index in [2.05, 4.69) is 15.5 Å². The van der Waals surface area contributed by atoms with Gasteiger partial charge in [0.25, 0.3) is 5.91 Å². The number of rotatable bonds is 3. The zero-order valence-corrected chi connectivity index (χ0v) is 11.6. The van der Waals surface area contributed by atoms with Crippen LogP contribution in [0.25, 0.3) is 10.9 Å². The van der Waals surface area contributed by atoms with E-state index in [1.807, 2.05) is 61.5 Å². The summed E-state index contributed by atoms with van der Waals surface area (Å²) in [5.74, 6) is -0.220. The van der Waals surface area contributed by atoms with Gasteiger partial charge in [-0.15, -0.1) is 0 Å². The third kappa shape index (κ3) is 2.69. The smallest absolute Gasteiger partial charge is 0.273 e.